The highest BCUT2D eigenvalue weighted by Crippen LogP contribution is 2.24. The number of ether oxygens (including phenoxy) is 1. The Hall–Kier alpha value is -1.75. The normalized spacial score (nSPS) is 16.4. The zero-order valence-electron chi connectivity index (χ0n) is 9.27. The fourth-order valence-electron chi connectivity index (χ4n) is 2.02. The number of halogens is 1. The highest BCUT2D eigenvalue weighted by atomic mass is 19.1. The maximum absolute atomic E-state index is 14.0. The summed E-state index contributed by atoms with van der Waals surface area (Å²) in [7, 11) is 0. The number of hydrogen-bond donors (Lipinski definition) is 0. The number of fused-ring (bicyclic) bond motifs is 1. The van der Waals surface area contributed by atoms with Gasteiger partial charge in [0.25, 0.3) is 0 Å². The molecule has 0 atom stereocenters. The number of benzene rings is 1. The summed E-state index contributed by atoms with van der Waals surface area (Å²) in [4.78, 5) is 10.3. The predicted octanol–water partition coefficient (Wildman–Crippen LogP) is 1.61. The van der Waals surface area contributed by atoms with Gasteiger partial charge in [-0.05, 0) is 6.07 Å². The van der Waals surface area contributed by atoms with E-state index < -0.39 is 0 Å². The first-order valence-electron chi connectivity index (χ1n) is 5.57. The van der Waals surface area contributed by atoms with Gasteiger partial charge < -0.3 is 9.64 Å². The number of hydrogen-bond acceptors (Lipinski definition) is 4. The predicted molar refractivity (Wildman–Crippen MR) is 62.5 cm³/mol. The lowest BCUT2D eigenvalue weighted by Gasteiger charge is -2.29. The van der Waals surface area contributed by atoms with Crippen molar-refractivity contribution in [1.82, 2.24) is 9.97 Å². The molecule has 0 saturated carbocycles. The molecule has 17 heavy (non-hydrogen) atoms. The first-order valence-corrected chi connectivity index (χ1v) is 5.57. The van der Waals surface area contributed by atoms with E-state index in [1.165, 1.54) is 6.07 Å². The van der Waals surface area contributed by atoms with Gasteiger partial charge in [0.2, 0.25) is 0 Å². The van der Waals surface area contributed by atoms with E-state index >= 15 is 0 Å². The third-order valence-electron chi connectivity index (χ3n) is 2.89. The van der Waals surface area contributed by atoms with Gasteiger partial charge in [-0.3, -0.25) is 9.97 Å². The molecule has 88 valence electrons. The van der Waals surface area contributed by atoms with Gasteiger partial charge in [-0.1, -0.05) is 0 Å². The summed E-state index contributed by atoms with van der Waals surface area (Å²) in [6, 6.07) is 3.19. The fraction of sp³-hybridized carbons (Fsp3) is 0.333. The molecule has 0 amide bonds. The Labute approximate surface area is 98.0 Å². The lowest BCUT2D eigenvalue weighted by molar-refractivity contribution is 0.122. The Morgan fingerprint density at radius 3 is 2.41 bits per heavy atom. The van der Waals surface area contributed by atoms with Crippen LogP contribution in [0.2, 0.25) is 0 Å². The number of rotatable bonds is 1. The number of anilines is 1. The second kappa shape index (κ2) is 4.25. The van der Waals surface area contributed by atoms with Crippen molar-refractivity contribution >= 4 is 16.7 Å². The summed E-state index contributed by atoms with van der Waals surface area (Å²) in [6.45, 7) is 2.70. The van der Waals surface area contributed by atoms with Crippen LogP contribution in [0.15, 0.2) is 24.5 Å². The molecule has 1 aromatic heterocycles. The Kier molecular flexibility index (Phi) is 2.60. The minimum Gasteiger partial charge on any atom is -0.378 e. The van der Waals surface area contributed by atoms with Crippen molar-refractivity contribution < 1.29 is 9.13 Å². The summed E-state index contributed by atoms with van der Waals surface area (Å²) in [6.07, 6.45) is 3.18. The standard InChI is InChI=1S/C12H12FN3O/c13-9-7-10-11(15-2-1-14-10)8-12(9)16-3-5-17-6-4-16/h1-2,7-8H,3-6H2. The molecule has 0 N–H and O–H groups in total. The highest BCUT2D eigenvalue weighted by molar-refractivity contribution is 5.79. The van der Waals surface area contributed by atoms with E-state index in [0.717, 1.165) is 5.52 Å². The lowest BCUT2D eigenvalue weighted by Crippen LogP contribution is -2.36. The molecule has 1 aromatic carbocycles. The zero-order valence-corrected chi connectivity index (χ0v) is 9.27. The molecule has 0 aliphatic carbocycles. The Balaban J connectivity index is 2.06. The van der Waals surface area contributed by atoms with Gasteiger partial charge >= 0.3 is 0 Å². The van der Waals surface area contributed by atoms with Crippen molar-refractivity contribution in [2.75, 3.05) is 31.2 Å². The van der Waals surface area contributed by atoms with Crippen LogP contribution in [0.3, 0.4) is 0 Å². The van der Waals surface area contributed by atoms with Crippen molar-refractivity contribution in [3.63, 3.8) is 0 Å². The fourth-order valence-corrected chi connectivity index (χ4v) is 2.02. The summed E-state index contributed by atoms with van der Waals surface area (Å²) in [5.41, 5.74) is 1.89. The molecule has 0 radical (unpaired) electrons. The molecular weight excluding hydrogens is 221 g/mol. The van der Waals surface area contributed by atoms with Crippen molar-refractivity contribution in [2.45, 2.75) is 0 Å². The van der Waals surface area contributed by atoms with Gasteiger partial charge in [0.05, 0.1) is 29.9 Å². The molecule has 2 heterocycles. The molecule has 0 bridgehead atoms. The van der Waals surface area contributed by atoms with E-state index in [0.29, 0.717) is 37.5 Å². The first kappa shape index (κ1) is 10.4. The number of aromatic nitrogens is 2. The molecule has 2 aromatic rings. The zero-order chi connectivity index (χ0) is 11.7. The summed E-state index contributed by atoms with van der Waals surface area (Å²) in [5.74, 6) is -0.250. The summed E-state index contributed by atoms with van der Waals surface area (Å²) >= 11 is 0. The minimum atomic E-state index is -0.250. The number of nitrogens with zero attached hydrogens (tertiary/aromatic N) is 3. The van der Waals surface area contributed by atoms with Crippen molar-refractivity contribution in [1.29, 1.82) is 0 Å². The SMILES string of the molecule is Fc1cc2nccnc2cc1N1CCOCC1. The van der Waals surface area contributed by atoms with Crippen LogP contribution in [0.1, 0.15) is 0 Å². The average Bonchev–Trinajstić information content (AvgIpc) is 2.39. The molecule has 4 nitrogen and oxygen atoms in total. The van der Waals surface area contributed by atoms with Crippen LogP contribution in [0.4, 0.5) is 10.1 Å². The van der Waals surface area contributed by atoms with E-state index in [1.807, 2.05) is 4.90 Å². The van der Waals surface area contributed by atoms with Crippen LogP contribution in [-0.2, 0) is 4.74 Å². The molecule has 0 spiro atoms. The van der Waals surface area contributed by atoms with Gasteiger partial charge in [-0.25, -0.2) is 4.39 Å². The third kappa shape index (κ3) is 1.93. The molecule has 5 heteroatoms. The van der Waals surface area contributed by atoms with Crippen LogP contribution in [0.25, 0.3) is 11.0 Å². The summed E-state index contributed by atoms with van der Waals surface area (Å²) < 4.78 is 19.2. The lowest BCUT2D eigenvalue weighted by atomic mass is 10.2. The second-order valence-electron chi connectivity index (χ2n) is 3.95. The summed E-state index contributed by atoms with van der Waals surface area (Å²) in [5, 5.41) is 0. The van der Waals surface area contributed by atoms with Crippen molar-refractivity contribution in [2.24, 2.45) is 0 Å². The quantitative estimate of drug-likeness (QED) is 0.750. The Morgan fingerprint density at radius 1 is 1.06 bits per heavy atom. The molecule has 1 fully saturated rings. The van der Waals surface area contributed by atoms with Gasteiger partial charge in [0.1, 0.15) is 5.82 Å². The van der Waals surface area contributed by atoms with Crippen LogP contribution in [-0.4, -0.2) is 36.3 Å². The van der Waals surface area contributed by atoms with Crippen LogP contribution in [0, 0.1) is 5.82 Å². The molecule has 3 rings (SSSR count). The van der Waals surface area contributed by atoms with Crippen molar-refractivity contribution in [3.05, 3.63) is 30.3 Å². The Bertz CT molecular complexity index is 540. The van der Waals surface area contributed by atoms with E-state index in [2.05, 4.69) is 9.97 Å². The molecule has 1 aliphatic heterocycles. The topological polar surface area (TPSA) is 38.2 Å². The number of morpholine rings is 1. The van der Waals surface area contributed by atoms with Crippen molar-refractivity contribution in [3.8, 4) is 0 Å². The van der Waals surface area contributed by atoms with Gasteiger partial charge in [0.15, 0.2) is 0 Å². The average molecular weight is 233 g/mol. The molecule has 1 aliphatic rings. The van der Waals surface area contributed by atoms with E-state index in [1.54, 1.807) is 18.5 Å². The smallest absolute Gasteiger partial charge is 0.148 e. The first-order chi connectivity index (χ1) is 8.34. The van der Waals surface area contributed by atoms with Crippen LogP contribution < -0.4 is 4.90 Å². The Morgan fingerprint density at radius 2 is 1.71 bits per heavy atom. The van der Waals surface area contributed by atoms with E-state index in [4.69, 9.17) is 4.74 Å². The minimum absolute atomic E-state index is 0.250. The van der Waals surface area contributed by atoms with Gasteiger partial charge in [-0.15, -0.1) is 0 Å². The second-order valence-corrected chi connectivity index (χ2v) is 3.95. The van der Waals surface area contributed by atoms with Gasteiger partial charge in [0, 0.05) is 31.5 Å². The van der Waals surface area contributed by atoms with Crippen LogP contribution in [0.5, 0.6) is 0 Å². The maximum atomic E-state index is 14.0. The van der Waals surface area contributed by atoms with Crippen LogP contribution >= 0.6 is 0 Å². The van der Waals surface area contributed by atoms with E-state index in [9.17, 15) is 4.39 Å². The third-order valence-corrected chi connectivity index (χ3v) is 2.89. The largest absolute Gasteiger partial charge is 0.378 e. The van der Waals surface area contributed by atoms with Gasteiger partial charge in [-0.2, -0.15) is 0 Å². The molecule has 1 saturated heterocycles. The molecule has 0 unspecified atom stereocenters. The highest BCUT2D eigenvalue weighted by Gasteiger charge is 2.16. The monoisotopic (exact) mass is 233 g/mol. The molecular formula is C12H12FN3O. The maximum Gasteiger partial charge on any atom is 0.148 e. The van der Waals surface area contributed by atoms with E-state index in [-0.39, 0.29) is 5.82 Å².